The lowest BCUT2D eigenvalue weighted by molar-refractivity contribution is -0.140. The quantitative estimate of drug-likeness (QED) is 0.476. The summed E-state index contributed by atoms with van der Waals surface area (Å²) in [5.74, 6) is -0.0805. The maximum atomic E-state index is 13.3. The number of aryl methyl sites for hydroxylation is 1. The molecule has 0 aromatic heterocycles. The maximum Gasteiger partial charge on any atom is 0.242 e. The molecular weight excluding hydrogens is 462 g/mol. The lowest BCUT2D eigenvalue weighted by Crippen LogP contribution is -2.48. The fraction of sp³-hybridized carbons (Fsp3) is 0.481. The molecule has 35 heavy (non-hydrogen) atoms. The first-order chi connectivity index (χ1) is 16.4. The number of anilines is 1. The lowest BCUT2D eigenvalue weighted by atomic mass is 10.1. The molecule has 1 N–H and O–H groups in total. The first kappa shape index (κ1) is 28.4. The van der Waals surface area contributed by atoms with E-state index < -0.39 is 16.1 Å². The van der Waals surface area contributed by atoms with Gasteiger partial charge in [-0.1, -0.05) is 56.3 Å². The Morgan fingerprint density at radius 3 is 2.23 bits per heavy atom. The van der Waals surface area contributed by atoms with E-state index in [1.54, 1.807) is 17.9 Å². The fourth-order valence-electron chi connectivity index (χ4n) is 3.80. The zero-order valence-electron chi connectivity index (χ0n) is 21.7. The second kappa shape index (κ2) is 12.7. The van der Waals surface area contributed by atoms with Gasteiger partial charge in [0.2, 0.25) is 21.8 Å². The minimum atomic E-state index is -3.52. The van der Waals surface area contributed by atoms with E-state index in [4.69, 9.17) is 0 Å². The maximum absolute atomic E-state index is 13.3. The number of hydrogen-bond donors (Lipinski definition) is 1. The molecule has 0 aliphatic rings. The van der Waals surface area contributed by atoms with Gasteiger partial charge in [0.05, 0.1) is 11.9 Å². The molecule has 2 rings (SSSR count). The molecule has 0 unspecified atom stereocenters. The average Bonchev–Trinajstić information content (AvgIpc) is 2.80. The highest BCUT2D eigenvalue weighted by atomic mass is 32.2. The number of carbonyl (C=O) groups is 2. The average molecular weight is 502 g/mol. The molecule has 0 heterocycles. The van der Waals surface area contributed by atoms with Crippen molar-refractivity contribution in [3.63, 3.8) is 0 Å². The lowest BCUT2D eigenvalue weighted by Gasteiger charge is -2.30. The minimum absolute atomic E-state index is 0.130. The summed E-state index contributed by atoms with van der Waals surface area (Å²) in [7, 11) is -3.52. The van der Waals surface area contributed by atoms with Crippen LogP contribution in [0, 0.1) is 19.8 Å². The van der Waals surface area contributed by atoms with Crippen LogP contribution in [0.5, 0.6) is 0 Å². The molecule has 0 fully saturated rings. The van der Waals surface area contributed by atoms with Crippen LogP contribution >= 0.6 is 0 Å². The number of nitrogens with one attached hydrogen (secondary N) is 1. The summed E-state index contributed by atoms with van der Waals surface area (Å²) in [5.41, 5.74) is 3.45. The molecule has 7 nitrogen and oxygen atoms in total. The zero-order chi connectivity index (χ0) is 26.2. The fourth-order valence-corrected chi connectivity index (χ4v) is 4.82. The Hall–Kier alpha value is -2.87. The van der Waals surface area contributed by atoms with Crippen molar-refractivity contribution in [2.75, 3.05) is 23.7 Å². The standard InChI is InChI=1S/C27H39N3O4S/c1-20(2)18-28-27(32)23(5)29(19-24-13-8-7-9-14-24)26(31)16-11-17-30(35(6,33)34)25-15-10-12-21(3)22(25)4/h7-10,12-15,20,23H,11,16-19H2,1-6H3,(H,28,32)/t23-/m1/s1. The molecule has 0 aliphatic carbocycles. The molecule has 2 aromatic carbocycles. The molecule has 1 atom stereocenters. The van der Waals surface area contributed by atoms with Gasteiger partial charge in [-0.2, -0.15) is 0 Å². The Labute approximate surface area is 210 Å². The van der Waals surface area contributed by atoms with Gasteiger partial charge in [-0.3, -0.25) is 13.9 Å². The zero-order valence-corrected chi connectivity index (χ0v) is 22.6. The van der Waals surface area contributed by atoms with E-state index in [1.807, 2.05) is 70.2 Å². The van der Waals surface area contributed by atoms with E-state index in [-0.39, 0.29) is 24.8 Å². The van der Waals surface area contributed by atoms with Crippen molar-refractivity contribution >= 4 is 27.5 Å². The van der Waals surface area contributed by atoms with Gasteiger partial charge < -0.3 is 10.2 Å². The second-order valence-corrected chi connectivity index (χ2v) is 11.4. The van der Waals surface area contributed by atoms with Crippen molar-refractivity contribution in [1.82, 2.24) is 10.2 Å². The number of carbonyl (C=O) groups excluding carboxylic acids is 2. The molecule has 0 radical (unpaired) electrons. The van der Waals surface area contributed by atoms with Crippen LogP contribution in [0.4, 0.5) is 5.69 Å². The van der Waals surface area contributed by atoms with Crippen LogP contribution in [0.1, 0.15) is 50.3 Å². The monoisotopic (exact) mass is 501 g/mol. The normalized spacial score (nSPS) is 12.3. The van der Waals surface area contributed by atoms with Crippen LogP contribution in [-0.4, -0.2) is 50.5 Å². The van der Waals surface area contributed by atoms with E-state index >= 15 is 0 Å². The number of sulfonamides is 1. The van der Waals surface area contributed by atoms with Gasteiger partial charge in [0.1, 0.15) is 6.04 Å². The topological polar surface area (TPSA) is 86.8 Å². The highest BCUT2D eigenvalue weighted by Crippen LogP contribution is 2.25. The van der Waals surface area contributed by atoms with E-state index in [2.05, 4.69) is 5.32 Å². The molecule has 0 saturated carbocycles. The summed E-state index contributed by atoms with van der Waals surface area (Å²) in [6, 6.07) is 14.5. The Balaban J connectivity index is 2.16. The van der Waals surface area contributed by atoms with E-state index in [9.17, 15) is 18.0 Å². The van der Waals surface area contributed by atoms with Gasteiger partial charge in [0.25, 0.3) is 0 Å². The van der Waals surface area contributed by atoms with Crippen LogP contribution in [-0.2, 0) is 26.2 Å². The number of benzene rings is 2. The van der Waals surface area contributed by atoms with Crippen LogP contribution in [0.15, 0.2) is 48.5 Å². The van der Waals surface area contributed by atoms with Gasteiger partial charge in [-0.05, 0) is 55.9 Å². The first-order valence-corrected chi connectivity index (χ1v) is 13.9. The minimum Gasteiger partial charge on any atom is -0.354 e. The van der Waals surface area contributed by atoms with Crippen LogP contribution in [0.25, 0.3) is 0 Å². The molecule has 2 aromatic rings. The molecule has 0 bridgehead atoms. The third-order valence-corrected chi connectivity index (χ3v) is 7.22. The van der Waals surface area contributed by atoms with Gasteiger partial charge in [0, 0.05) is 26.1 Å². The van der Waals surface area contributed by atoms with Gasteiger partial charge in [-0.25, -0.2) is 8.42 Å². The molecular formula is C27H39N3O4S. The number of nitrogens with zero attached hydrogens (tertiary/aromatic N) is 2. The van der Waals surface area contributed by atoms with Crippen LogP contribution in [0.3, 0.4) is 0 Å². The number of amides is 2. The predicted molar refractivity (Wildman–Crippen MR) is 142 cm³/mol. The highest BCUT2D eigenvalue weighted by Gasteiger charge is 2.27. The van der Waals surface area contributed by atoms with E-state index in [0.717, 1.165) is 16.7 Å². The predicted octanol–water partition coefficient (Wildman–Crippen LogP) is 4.04. The van der Waals surface area contributed by atoms with Crippen molar-refractivity contribution in [3.05, 3.63) is 65.2 Å². The Morgan fingerprint density at radius 1 is 0.971 bits per heavy atom. The van der Waals surface area contributed by atoms with Gasteiger partial charge >= 0.3 is 0 Å². The van der Waals surface area contributed by atoms with E-state index in [0.29, 0.717) is 31.1 Å². The SMILES string of the molecule is Cc1cccc(N(CCCC(=O)N(Cc2ccccc2)[C@H](C)C(=O)NCC(C)C)S(C)(=O)=O)c1C. The van der Waals surface area contributed by atoms with Crippen molar-refractivity contribution in [2.45, 2.75) is 60.0 Å². The summed E-state index contributed by atoms with van der Waals surface area (Å²) < 4.78 is 26.5. The Kier molecular flexibility index (Phi) is 10.3. The van der Waals surface area contributed by atoms with Gasteiger partial charge in [0.15, 0.2) is 0 Å². The van der Waals surface area contributed by atoms with Gasteiger partial charge in [-0.15, -0.1) is 0 Å². The summed E-state index contributed by atoms with van der Waals surface area (Å²) in [4.78, 5) is 27.6. The summed E-state index contributed by atoms with van der Waals surface area (Å²) in [5, 5.41) is 2.91. The van der Waals surface area contributed by atoms with Crippen molar-refractivity contribution in [2.24, 2.45) is 5.92 Å². The molecule has 0 saturated heterocycles. The van der Waals surface area contributed by atoms with Crippen molar-refractivity contribution in [3.8, 4) is 0 Å². The third-order valence-electron chi connectivity index (χ3n) is 6.04. The number of hydrogen-bond acceptors (Lipinski definition) is 4. The Bertz CT molecular complexity index is 1100. The highest BCUT2D eigenvalue weighted by molar-refractivity contribution is 7.92. The van der Waals surface area contributed by atoms with Crippen molar-refractivity contribution in [1.29, 1.82) is 0 Å². The Morgan fingerprint density at radius 2 is 1.63 bits per heavy atom. The van der Waals surface area contributed by atoms with Crippen LogP contribution < -0.4 is 9.62 Å². The summed E-state index contributed by atoms with van der Waals surface area (Å²) in [6.45, 7) is 10.6. The second-order valence-electron chi connectivity index (χ2n) is 9.48. The first-order valence-electron chi connectivity index (χ1n) is 12.1. The number of rotatable bonds is 12. The summed E-state index contributed by atoms with van der Waals surface area (Å²) >= 11 is 0. The largest absolute Gasteiger partial charge is 0.354 e. The third kappa shape index (κ3) is 8.38. The van der Waals surface area contributed by atoms with E-state index in [1.165, 1.54) is 10.6 Å². The molecule has 0 spiro atoms. The smallest absolute Gasteiger partial charge is 0.242 e. The summed E-state index contributed by atoms with van der Waals surface area (Å²) in [6.07, 6.45) is 1.65. The molecule has 8 heteroatoms. The molecule has 0 aliphatic heterocycles. The molecule has 2 amide bonds. The van der Waals surface area contributed by atoms with Crippen molar-refractivity contribution < 1.29 is 18.0 Å². The van der Waals surface area contributed by atoms with Crippen LogP contribution in [0.2, 0.25) is 0 Å². The molecule has 192 valence electrons.